The maximum Gasteiger partial charge on any atom is 0.305 e. The molecule has 61 heavy (non-hydrogen) atoms. The van der Waals surface area contributed by atoms with Crippen LogP contribution in [0.15, 0.2) is 36.5 Å². The van der Waals surface area contributed by atoms with Gasteiger partial charge in [0.05, 0.1) is 25.4 Å². The third-order valence-electron chi connectivity index (χ3n) is 12.1. The summed E-state index contributed by atoms with van der Waals surface area (Å²) in [6, 6.07) is -0.666. The molecule has 0 fully saturated rings. The minimum Gasteiger partial charge on any atom is -0.466 e. The molecule has 358 valence electrons. The number of hydrogen-bond donors (Lipinski definition) is 3. The number of nitrogens with one attached hydrogen (secondary N) is 1. The first-order chi connectivity index (χ1) is 30.0. The van der Waals surface area contributed by atoms with E-state index in [1.807, 2.05) is 6.08 Å². The molecule has 0 aromatic rings. The number of carbonyl (C=O) groups excluding carboxylic acids is 2. The molecule has 0 bridgehead atoms. The van der Waals surface area contributed by atoms with Gasteiger partial charge in [0.25, 0.3) is 0 Å². The van der Waals surface area contributed by atoms with E-state index in [2.05, 4.69) is 43.5 Å². The predicted molar refractivity (Wildman–Crippen MR) is 264 cm³/mol. The summed E-state index contributed by atoms with van der Waals surface area (Å²) in [6.45, 7) is 4.81. The van der Waals surface area contributed by atoms with Crippen LogP contribution in [0.3, 0.4) is 0 Å². The molecule has 0 aromatic heterocycles. The van der Waals surface area contributed by atoms with Crippen molar-refractivity contribution in [3.63, 3.8) is 0 Å². The normalized spacial score (nSPS) is 12.9. The Hall–Kier alpha value is -1.92. The van der Waals surface area contributed by atoms with Gasteiger partial charge in [-0.1, -0.05) is 224 Å². The summed E-state index contributed by atoms with van der Waals surface area (Å²) in [4.78, 5) is 24.5. The van der Waals surface area contributed by atoms with Gasteiger partial charge in [0.2, 0.25) is 5.91 Å². The number of esters is 1. The highest BCUT2D eigenvalue weighted by molar-refractivity contribution is 5.76. The Morgan fingerprint density at radius 1 is 0.443 bits per heavy atom. The summed E-state index contributed by atoms with van der Waals surface area (Å²) in [6.07, 6.45) is 61.6. The zero-order chi connectivity index (χ0) is 44.4. The molecule has 0 rings (SSSR count). The molecule has 0 aliphatic carbocycles. The zero-order valence-electron chi connectivity index (χ0n) is 40.6. The summed E-state index contributed by atoms with van der Waals surface area (Å²) >= 11 is 0. The van der Waals surface area contributed by atoms with Crippen molar-refractivity contribution in [3.05, 3.63) is 36.5 Å². The van der Waals surface area contributed by atoms with Crippen molar-refractivity contribution in [2.24, 2.45) is 0 Å². The zero-order valence-corrected chi connectivity index (χ0v) is 40.6. The van der Waals surface area contributed by atoms with Gasteiger partial charge in [0.1, 0.15) is 0 Å². The fourth-order valence-electron chi connectivity index (χ4n) is 7.98. The smallest absolute Gasteiger partial charge is 0.305 e. The van der Waals surface area contributed by atoms with E-state index in [9.17, 15) is 19.8 Å². The molecule has 2 atom stereocenters. The lowest BCUT2D eigenvalue weighted by atomic mass is 10.0. The van der Waals surface area contributed by atoms with Crippen LogP contribution >= 0.6 is 0 Å². The molecule has 0 spiro atoms. The number of ether oxygens (including phenoxy) is 1. The maximum atomic E-state index is 12.4. The first kappa shape index (κ1) is 59.1. The van der Waals surface area contributed by atoms with Crippen molar-refractivity contribution >= 4 is 11.9 Å². The Morgan fingerprint density at radius 3 is 1.20 bits per heavy atom. The number of hydrogen-bond acceptors (Lipinski definition) is 5. The molecule has 0 aromatic carbocycles. The number of allylic oxidation sites excluding steroid dienone is 5. The molecule has 0 heterocycles. The molecule has 1 amide bonds. The summed E-state index contributed by atoms with van der Waals surface area (Å²) < 4.78 is 5.45. The van der Waals surface area contributed by atoms with E-state index in [0.29, 0.717) is 19.4 Å². The number of rotatable bonds is 49. The highest BCUT2D eigenvalue weighted by Gasteiger charge is 2.17. The topological polar surface area (TPSA) is 95.9 Å². The minimum atomic E-state index is -0.875. The first-order valence-electron chi connectivity index (χ1n) is 26.8. The quantitative estimate of drug-likeness (QED) is 0.0322. The Balaban J connectivity index is 3.55. The highest BCUT2D eigenvalue weighted by Crippen LogP contribution is 2.15. The molecule has 0 aliphatic heterocycles. The van der Waals surface area contributed by atoms with Crippen molar-refractivity contribution in [2.75, 3.05) is 13.2 Å². The van der Waals surface area contributed by atoms with E-state index in [4.69, 9.17) is 4.74 Å². The number of aliphatic hydroxyl groups excluding tert-OH is 2. The maximum absolute atomic E-state index is 12.4. The predicted octanol–water partition coefficient (Wildman–Crippen LogP) is 16.1. The van der Waals surface area contributed by atoms with Crippen LogP contribution < -0.4 is 5.32 Å². The Morgan fingerprint density at radius 2 is 0.787 bits per heavy atom. The summed E-state index contributed by atoms with van der Waals surface area (Å²) in [7, 11) is 0. The lowest BCUT2D eigenvalue weighted by molar-refractivity contribution is -0.143. The van der Waals surface area contributed by atoms with Crippen LogP contribution in [0.2, 0.25) is 0 Å². The second kappa shape index (κ2) is 50.7. The van der Waals surface area contributed by atoms with Gasteiger partial charge in [-0.05, 0) is 77.0 Å². The van der Waals surface area contributed by atoms with Gasteiger partial charge in [-0.3, -0.25) is 9.59 Å². The number of carbonyl (C=O) groups is 2. The van der Waals surface area contributed by atoms with Gasteiger partial charge in [-0.2, -0.15) is 0 Å². The van der Waals surface area contributed by atoms with Gasteiger partial charge in [-0.15, -0.1) is 0 Å². The van der Waals surface area contributed by atoms with Crippen LogP contribution in [0.5, 0.6) is 0 Å². The van der Waals surface area contributed by atoms with Crippen molar-refractivity contribution in [1.29, 1.82) is 0 Å². The van der Waals surface area contributed by atoms with Gasteiger partial charge in [0.15, 0.2) is 0 Å². The third kappa shape index (κ3) is 47.4. The van der Waals surface area contributed by atoms with Crippen LogP contribution in [0.4, 0.5) is 0 Å². The lowest BCUT2D eigenvalue weighted by Crippen LogP contribution is -2.45. The Kier molecular flexibility index (Phi) is 49.1. The molecule has 2 unspecified atom stereocenters. The van der Waals surface area contributed by atoms with E-state index < -0.39 is 12.1 Å². The van der Waals surface area contributed by atoms with Gasteiger partial charge < -0.3 is 20.3 Å². The Labute approximate surface area is 379 Å². The lowest BCUT2D eigenvalue weighted by Gasteiger charge is -2.19. The molecular formula is C55H103NO5. The van der Waals surface area contributed by atoms with E-state index >= 15 is 0 Å². The van der Waals surface area contributed by atoms with Crippen molar-refractivity contribution < 1.29 is 24.5 Å². The standard InChI is InChI=1S/C55H103NO5/c1-3-5-7-9-11-13-15-17-19-21-22-23-25-27-29-33-37-41-45-49-55(60)61-50-46-42-38-34-30-32-36-40-44-48-54(59)56-52(51-57)53(58)47-43-39-35-31-28-26-24-20-18-16-14-12-10-8-6-4-2/h17,19,32,36,43,47,52-53,57-58H,3-16,18,20-31,33-35,37-42,44-46,48-51H2,1-2H3,(H,56,59)/b19-17-,36-32-,47-43+. The van der Waals surface area contributed by atoms with E-state index in [1.54, 1.807) is 6.08 Å². The number of unbranched alkanes of at least 4 members (excludes halogenated alkanes) is 34. The molecule has 0 saturated heterocycles. The van der Waals surface area contributed by atoms with Crippen LogP contribution in [-0.4, -0.2) is 47.4 Å². The molecule has 0 aliphatic rings. The van der Waals surface area contributed by atoms with Crippen molar-refractivity contribution in [2.45, 2.75) is 289 Å². The monoisotopic (exact) mass is 858 g/mol. The third-order valence-corrected chi connectivity index (χ3v) is 12.1. The first-order valence-corrected chi connectivity index (χ1v) is 26.8. The second-order valence-electron chi connectivity index (χ2n) is 18.2. The van der Waals surface area contributed by atoms with Gasteiger partial charge in [-0.25, -0.2) is 0 Å². The van der Waals surface area contributed by atoms with Gasteiger partial charge in [0, 0.05) is 12.8 Å². The fraction of sp³-hybridized carbons (Fsp3) is 0.855. The average Bonchev–Trinajstić information content (AvgIpc) is 3.26. The van der Waals surface area contributed by atoms with E-state index in [-0.39, 0.29) is 18.5 Å². The largest absolute Gasteiger partial charge is 0.466 e. The number of aliphatic hydroxyl groups is 2. The van der Waals surface area contributed by atoms with Crippen molar-refractivity contribution in [3.8, 4) is 0 Å². The molecular weight excluding hydrogens is 755 g/mol. The van der Waals surface area contributed by atoms with Crippen molar-refractivity contribution in [1.82, 2.24) is 5.32 Å². The van der Waals surface area contributed by atoms with E-state index in [0.717, 1.165) is 70.6 Å². The highest BCUT2D eigenvalue weighted by atomic mass is 16.5. The van der Waals surface area contributed by atoms with Crippen LogP contribution in [0.25, 0.3) is 0 Å². The van der Waals surface area contributed by atoms with Gasteiger partial charge >= 0.3 is 5.97 Å². The molecule has 6 heteroatoms. The second-order valence-corrected chi connectivity index (χ2v) is 18.2. The SMILES string of the molecule is CCCCCCCC/C=C\CCCCCCCCCCCC(=O)OCCCCCC/C=C\CCCC(=O)NC(CO)C(O)/C=C/CCCCCCCCCCCCCCCC. The van der Waals surface area contributed by atoms with Crippen LogP contribution in [0.1, 0.15) is 277 Å². The average molecular weight is 858 g/mol. The fourth-order valence-corrected chi connectivity index (χ4v) is 7.98. The summed E-state index contributed by atoms with van der Waals surface area (Å²) in [5.74, 6) is -0.167. The minimum absolute atomic E-state index is 0.0388. The molecule has 0 saturated carbocycles. The molecule has 3 N–H and O–H groups in total. The van der Waals surface area contributed by atoms with E-state index in [1.165, 1.54) is 180 Å². The summed E-state index contributed by atoms with van der Waals surface area (Å²) in [5, 5.41) is 23.0. The summed E-state index contributed by atoms with van der Waals surface area (Å²) in [5.41, 5.74) is 0. The molecule has 6 nitrogen and oxygen atoms in total. The van der Waals surface area contributed by atoms with Crippen LogP contribution in [0, 0.1) is 0 Å². The Bertz CT molecular complexity index is 993. The number of amides is 1. The van der Waals surface area contributed by atoms with Crippen LogP contribution in [-0.2, 0) is 14.3 Å². The molecule has 0 radical (unpaired) electrons.